The lowest BCUT2D eigenvalue weighted by Crippen LogP contribution is -1.97. The van der Waals surface area contributed by atoms with E-state index in [9.17, 15) is 5.11 Å². The van der Waals surface area contributed by atoms with Gasteiger partial charge in [0.05, 0.1) is 6.10 Å². The van der Waals surface area contributed by atoms with Gasteiger partial charge in [-0.15, -0.1) is 11.6 Å². The summed E-state index contributed by atoms with van der Waals surface area (Å²) in [5, 5.41) is 9.51. The predicted molar refractivity (Wildman–Crippen MR) is 54.4 cm³/mol. The second kappa shape index (κ2) is 4.85. The highest BCUT2D eigenvalue weighted by Crippen LogP contribution is 2.19. The zero-order chi connectivity index (χ0) is 8.97. The number of hydrogen-bond acceptors (Lipinski definition) is 1. The van der Waals surface area contributed by atoms with Crippen molar-refractivity contribution < 1.29 is 5.11 Å². The molecule has 0 aliphatic rings. The van der Waals surface area contributed by atoms with Crippen LogP contribution in [0.2, 0.25) is 0 Å². The number of rotatable bonds is 3. The number of aliphatic hydroxyl groups is 1. The van der Waals surface area contributed by atoms with E-state index in [1.165, 1.54) is 0 Å². The first-order chi connectivity index (χ1) is 5.74. The van der Waals surface area contributed by atoms with Crippen molar-refractivity contribution in [1.82, 2.24) is 0 Å². The van der Waals surface area contributed by atoms with E-state index in [4.69, 9.17) is 11.6 Å². The van der Waals surface area contributed by atoms with Gasteiger partial charge in [0, 0.05) is 10.4 Å². The normalized spacial score (nSPS) is 12.9. The van der Waals surface area contributed by atoms with Crippen molar-refractivity contribution in [2.45, 2.75) is 12.5 Å². The summed E-state index contributed by atoms with van der Waals surface area (Å²) in [6, 6.07) is 7.60. The van der Waals surface area contributed by atoms with Gasteiger partial charge in [0.1, 0.15) is 0 Å². The summed E-state index contributed by atoms with van der Waals surface area (Å²) in [6.07, 6.45) is 0.166. The maximum Gasteiger partial charge on any atom is 0.0801 e. The first-order valence-corrected chi connectivity index (χ1v) is 5.06. The first kappa shape index (κ1) is 10.0. The Morgan fingerprint density at radius 2 is 1.92 bits per heavy atom. The lowest BCUT2D eigenvalue weighted by Gasteiger charge is -2.08. The molecule has 0 unspecified atom stereocenters. The SMILES string of the molecule is O[C@H](CCCl)c1ccc(Br)cc1. The molecule has 3 heteroatoms. The molecule has 0 radical (unpaired) electrons. The Hall–Kier alpha value is -0.0500. The number of aliphatic hydroxyl groups excluding tert-OH is 1. The van der Waals surface area contributed by atoms with Crippen molar-refractivity contribution in [3.63, 3.8) is 0 Å². The van der Waals surface area contributed by atoms with E-state index in [0.717, 1.165) is 10.0 Å². The lowest BCUT2D eigenvalue weighted by molar-refractivity contribution is 0.174. The summed E-state index contributed by atoms with van der Waals surface area (Å²) in [4.78, 5) is 0. The third-order valence-electron chi connectivity index (χ3n) is 1.64. The molecule has 0 saturated carbocycles. The van der Waals surface area contributed by atoms with E-state index in [1.807, 2.05) is 24.3 Å². The van der Waals surface area contributed by atoms with Gasteiger partial charge < -0.3 is 5.11 Å². The van der Waals surface area contributed by atoms with Crippen LogP contribution in [0, 0.1) is 0 Å². The zero-order valence-corrected chi connectivity index (χ0v) is 8.85. The lowest BCUT2D eigenvalue weighted by atomic mass is 10.1. The molecule has 0 saturated heterocycles. The summed E-state index contributed by atoms with van der Waals surface area (Å²) in [5.41, 5.74) is 0.916. The molecule has 0 heterocycles. The van der Waals surface area contributed by atoms with Crippen LogP contribution in [0.4, 0.5) is 0 Å². The van der Waals surface area contributed by atoms with E-state index in [1.54, 1.807) is 0 Å². The van der Waals surface area contributed by atoms with Gasteiger partial charge in [-0.25, -0.2) is 0 Å². The van der Waals surface area contributed by atoms with Crippen LogP contribution in [0.1, 0.15) is 18.1 Å². The monoisotopic (exact) mass is 248 g/mol. The van der Waals surface area contributed by atoms with Crippen molar-refractivity contribution in [2.75, 3.05) is 5.88 Å². The van der Waals surface area contributed by atoms with Crippen LogP contribution >= 0.6 is 27.5 Å². The van der Waals surface area contributed by atoms with Gasteiger partial charge in [-0.05, 0) is 24.1 Å². The Bertz CT molecular complexity index is 235. The maximum absolute atomic E-state index is 9.51. The fraction of sp³-hybridized carbons (Fsp3) is 0.333. The van der Waals surface area contributed by atoms with Crippen molar-refractivity contribution >= 4 is 27.5 Å². The fourth-order valence-corrected chi connectivity index (χ4v) is 1.43. The van der Waals surface area contributed by atoms with Crippen LogP contribution in [-0.4, -0.2) is 11.0 Å². The quantitative estimate of drug-likeness (QED) is 0.816. The first-order valence-electron chi connectivity index (χ1n) is 3.73. The van der Waals surface area contributed by atoms with Crippen molar-refractivity contribution in [1.29, 1.82) is 0 Å². The highest BCUT2D eigenvalue weighted by Gasteiger charge is 2.05. The van der Waals surface area contributed by atoms with Crippen molar-refractivity contribution in [2.24, 2.45) is 0 Å². The molecule has 1 N–H and O–H groups in total. The third kappa shape index (κ3) is 2.77. The highest BCUT2D eigenvalue weighted by atomic mass is 79.9. The topological polar surface area (TPSA) is 20.2 Å². The number of halogens is 2. The smallest absolute Gasteiger partial charge is 0.0801 e. The van der Waals surface area contributed by atoms with E-state index < -0.39 is 6.10 Å². The van der Waals surface area contributed by atoms with Crippen LogP contribution < -0.4 is 0 Å². The summed E-state index contributed by atoms with van der Waals surface area (Å²) >= 11 is 8.83. The maximum atomic E-state index is 9.51. The Morgan fingerprint density at radius 1 is 1.33 bits per heavy atom. The molecule has 1 aromatic rings. The van der Waals surface area contributed by atoms with E-state index in [0.29, 0.717) is 12.3 Å². The number of hydrogen-bond donors (Lipinski definition) is 1. The molecule has 0 amide bonds. The second-order valence-corrected chi connectivity index (χ2v) is 3.84. The van der Waals surface area contributed by atoms with Crippen LogP contribution in [0.15, 0.2) is 28.7 Å². The molecule has 0 aromatic heterocycles. The molecule has 1 aromatic carbocycles. The van der Waals surface area contributed by atoms with Gasteiger partial charge in [0.25, 0.3) is 0 Å². The molecule has 0 aliphatic heterocycles. The fourth-order valence-electron chi connectivity index (χ4n) is 0.955. The summed E-state index contributed by atoms with van der Waals surface area (Å²) in [7, 11) is 0. The molecule has 1 atom stereocenters. The third-order valence-corrected chi connectivity index (χ3v) is 2.38. The minimum atomic E-state index is -0.435. The largest absolute Gasteiger partial charge is 0.388 e. The van der Waals surface area contributed by atoms with Gasteiger partial charge in [0.15, 0.2) is 0 Å². The standard InChI is InChI=1S/C9H10BrClO/c10-8-3-1-7(2-4-8)9(12)5-6-11/h1-4,9,12H,5-6H2/t9-/m1/s1. The van der Waals surface area contributed by atoms with Crippen LogP contribution in [0.3, 0.4) is 0 Å². The van der Waals surface area contributed by atoms with Crippen molar-refractivity contribution in [3.8, 4) is 0 Å². The minimum Gasteiger partial charge on any atom is -0.388 e. The van der Waals surface area contributed by atoms with Crippen molar-refractivity contribution in [3.05, 3.63) is 34.3 Å². The average Bonchev–Trinajstić information content (AvgIpc) is 2.06. The number of alkyl halides is 1. The average molecular weight is 250 g/mol. The molecule has 66 valence electrons. The minimum absolute atomic E-state index is 0.435. The second-order valence-electron chi connectivity index (χ2n) is 2.55. The molecule has 0 bridgehead atoms. The Kier molecular flexibility index (Phi) is 4.06. The molecular formula is C9H10BrClO. The molecule has 0 aliphatic carbocycles. The van der Waals surface area contributed by atoms with E-state index in [-0.39, 0.29) is 0 Å². The predicted octanol–water partition coefficient (Wildman–Crippen LogP) is 3.11. The number of benzene rings is 1. The molecule has 1 nitrogen and oxygen atoms in total. The van der Waals surface area contributed by atoms with Gasteiger partial charge in [-0.1, -0.05) is 28.1 Å². The van der Waals surface area contributed by atoms with Gasteiger partial charge in [0.2, 0.25) is 0 Å². The molecule has 1 rings (SSSR count). The Labute approximate surface area is 85.5 Å². The summed E-state index contributed by atoms with van der Waals surface area (Å²) in [5.74, 6) is 0.483. The Balaban J connectivity index is 2.68. The van der Waals surface area contributed by atoms with Crippen LogP contribution in [0.5, 0.6) is 0 Å². The van der Waals surface area contributed by atoms with E-state index in [2.05, 4.69) is 15.9 Å². The Morgan fingerprint density at radius 3 is 2.42 bits per heavy atom. The molecule has 0 spiro atoms. The molecule has 0 fully saturated rings. The highest BCUT2D eigenvalue weighted by molar-refractivity contribution is 9.10. The van der Waals surface area contributed by atoms with Crippen LogP contribution in [0.25, 0.3) is 0 Å². The van der Waals surface area contributed by atoms with Gasteiger partial charge in [-0.2, -0.15) is 0 Å². The molecule has 12 heavy (non-hydrogen) atoms. The zero-order valence-electron chi connectivity index (χ0n) is 6.50. The van der Waals surface area contributed by atoms with Crippen LogP contribution in [-0.2, 0) is 0 Å². The van der Waals surface area contributed by atoms with Gasteiger partial charge >= 0.3 is 0 Å². The summed E-state index contributed by atoms with van der Waals surface area (Å²) in [6.45, 7) is 0. The molecular weight excluding hydrogens is 239 g/mol. The van der Waals surface area contributed by atoms with E-state index >= 15 is 0 Å². The van der Waals surface area contributed by atoms with Gasteiger partial charge in [-0.3, -0.25) is 0 Å². The summed E-state index contributed by atoms with van der Waals surface area (Å²) < 4.78 is 1.02.